The van der Waals surface area contributed by atoms with Crippen molar-refractivity contribution in [1.82, 2.24) is 20.6 Å². The van der Waals surface area contributed by atoms with Crippen molar-refractivity contribution in [3.63, 3.8) is 0 Å². The molecule has 0 amide bonds. The highest BCUT2D eigenvalue weighted by atomic mass is 32.1. The van der Waals surface area contributed by atoms with Crippen molar-refractivity contribution in [2.75, 3.05) is 20.8 Å². The normalized spacial score (nSPS) is 10.8. The van der Waals surface area contributed by atoms with E-state index in [4.69, 9.17) is 21.7 Å². The first-order valence-corrected chi connectivity index (χ1v) is 9.42. The van der Waals surface area contributed by atoms with Crippen molar-refractivity contribution >= 4 is 34.4 Å². The highest BCUT2D eigenvalue weighted by Gasteiger charge is 2.05. The van der Waals surface area contributed by atoms with Gasteiger partial charge in [-0.3, -0.25) is 4.79 Å². The number of para-hydroxylation sites is 2. The predicted octanol–water partition coefficient (Wildman–Crippen LogP) is 2.62. The number of aromatic nitrogens is 2. The van der Waals surface area contributed by atoms with Crippen LogP contribution in [0.15, 0.2) is 53.5 Å². The number of fused-ring (bicyclic) bond motifs is 1. The molecule has 0 fully saturated rings. The molecule has 0 saturated heterocycles. The first-order chi connectivity index (χ1) is 14.1. The molecule has 3 aromatic rings. The Balaban J connectivity index is 1.51. The van der Waals surface area contributed by atoms with Crippen LogP contribution in [-0.2, 0) is 6.42 Å². The molecule has 150 valence electrons. The van der Waals surface area contributed by atoms with E-state index in [1.807, 2.05) is 42.5 Å². The van der Waals surface area contributed by atoms with Crippen LogP contribution in [0.5, 0.6) is 11.5 Å². The van der Waals surface area contributed by atoms with Crippen molar-refractivity contribution in [3.8, 4) is 11.5 Å². The molecule has 1 aromatic heterocycles. The molecular formula is C21H22N4O3S. The summed E-state index contributed by atoms with van der Waals surface area (Å²) >= 11 is 5.26. The van der Waals surface area contributed by atoms with Crippen LogP contribution in [0, 0.1) is 0 Å². The Bertz CT molecular complexity index is 1090. The van der Waals surface area contributed by atoms with Gasteiger partial charge in [-0.05, 0) is 54.5 Å². The van der Waals surface area contributed by atoms with Crippen LogP contribution in [0.25, 0.3) is 17.1 Å². The van der Waals surface area contributed by atoms with Crippen molar-refractivity contribution in [2.24, 2.45) is 0 Å². The molecule has 2 aromatic carbocycles. The highest BCUT2D eigenvalue weighted by molar-refractivity contribution is 7.80. The maximum atomic E-state index is 12.1. The lowest BCUT2D eigenvalue weighted by atomic mass is 10.1. The van der Waals surface area contributed by atoms with Gasteiger partial charge in [0.2, 0.25) is 0 Å². The number of H-pyrrole nitrogens is 1. The van der Waals surface area contributed by atoms with Gasteiger partial charge in [0.25, 0.3) is 5.56 Å². The Hall–Kier alpha value is -3.39. The fourth-order valence-corrected chi connectivity index (χ4v) is 2.93. The van der Waals surface area contributed by atoms with Crippen LogP contribution in [-0.4, -0.2) is 35.8 Å². The van der Waals surface area contributed by atoms with Gasteiger partial charge in [0.15, 0.2) is 16.6 Å². The lowest BCUT2D eigenvalue weighted by Crippen LogP contribution is -2.33. The molecule has 7 nitrogen and oxygen atoms in total. The Kier molecular flexibility index (Phi) is 6.80. The first kappa shape index (κ1) is 20.3. The van der Waals surface area contributed by atoms with E-state index in [0.717, 1.165) is 17.5 Å². The molecule has 0 atom stereocenters. The fraction of sp³-hybridized carbons (Fsp3) is 0.190. The zero-order chi connectivity index (χ0) is 20.6. The van der Waals surface area contributed by atoms with E-state index >= 15 is 0 Å². The molecule has 0 radical (unpaired) electrons. The van der Waals surface area contributed by atoms with Crippen LogP contribution < -0.4 is 25.7 Å². The summed E-state index contributed by atoms with van der Waals surface area (Å²) in [5.41, 5.74) is 2.58. The summed E-state index contributed by atoms with van der Waals surface area (Å²) in [5, 5.41) is 6.51. The Morgan fingerprint density at radius 2 is 1.97 bits per heavy atom. The standard InChI is InChI=1S/C21H22N4O3S/c1-27-18-8-7-14(13-19(18)28-2)9-11-22-21(29)23-12-10-17-20(26)25-16-6-4-3-5-15(16)24-17/h3-8,10,12-13H,9,11H2,1-2H3,(H,25,26)(H2,22,23,29)/b12-10-. The Labute approximate surface area is 173 Å². The average molecular weight is 410 g/mol. The second kappa shape index (κ2) is 9.70. The van der Waals surface area contributed by atoms with Crippen LogP contribution >= 0.6 is 12.2 Å². The zero-order valence-electron chi connectivity index (χ0n) is 16.2. The molecule has 1 heterocycles. The smallest absolute Gasteiger partial charge is 0.274 e. The molecule has 0 aliphatic carbocycles. The minimum absolute atomic E-state index is 0.255. The second-order valence-corrected chi connectivity index (χ2v) is 6.55. The van der Waals surface area contributed by atoms with Gasteiger partial charge >= 0.3 is 0 Å². The molecule has 0 spiro atoms. The number of methoxy groups -OCH3 is 2. The number of nitrogens with zero attached hydrogens (tertiary/aromatic N) is 1. The van der Waals surface area contributed by atoms with Crippen LogP contribution in [0.4, 0.5) is 0 Å². The van der Waals surface area contributed by atoms with Gasteiger partial charge in [-0.15, -0.1) is 0 Å². The summed E-state index contributed by atoms with van der Waals surface area (Å²) in [7, 11) is 3.22. The van der Waals surface area contributed by atoms with Crippen molar-refractivity contribution in [2.45, 2.75) is 6.42 Å². The fourth-order valence-electron chi connectivity index (χ4n) is 2.76. The third-order valence-electron chi connectivity index (χ3n) is 4.23. The van der Waals surface area contributed by atoms with Crippen molar-refractivity contribution < 1.29 is 9.47 Å². The molecule has 3 N–H and O–H groups in total. The van der Waals surface area contributed by atoms with E-state index < -0.39 is 0 Å². The number of nitrogens with one attached hydrogen (secondary N) is 3. The minimum Gasteiger partial charge on any atom is -0.493 e. The SMILES string of the molecule is COc1ccc(CCNC(=S)N/C=C\c2nc3ccccc3[nH]c2=O)cc1OC. The third kappa shape index (κ3) is 5.32. The van der Waals surface area contributed by atoms with Gasteiger partial charge in [0.1, 0.15) is 5.69 Å². The summed E-state index contributed by atoms with van der Waals surface area (Å²) in [6.45, 7) is 0.643. The molecule has 3 rings (SSSR count). The maximum Gasteiger partial charge on any atom is 0.274 e. The number of thiocarbonyl (C=S) groups is 1. The molecule has 29 heavy (non-hydrogen) atoms. The largest absolute Gasteiger partial charge is 0.493 e. The highest BCUT2D eigenvalue weighted by Crippen LogP contribution is 2.27. The molecule has 8 heteroatoms. The molecule has 0 unspecified atom stereocenters. The number of aromatic amines is 1. The van der Waals surface area contributed by atoms with E-state index in [9.17, 15) is 4.79 Å². The number of hydrogen-bond acceptors (Lipinski definition) is 5. The number of hydrogen-bond donors (Lipinski definition) is 3. The molecule has 0 aliphatic rings. The maximum absolute atomic E-state index is 12.1. The lowest BCUT2D eigenvalue weighted by molar-refractivity contribution is 0.354. The van der Waals surface area contributed by atoms with Gasteiger partial charge in [-0.2, -0.15) is 0 Å². The van der Waals surface area contributed by atoms with E-state index in [0.29, 0.717) is 34.4 Å². The molecule has 0 saturated carbocycles. The molecule has 0 aliphatic heterocycles. The van der Waals surface area contributed by atoms with Crippen molar-refractivity contribution in [3.05, 3.63) is 70.3 Å². The summed E-state index contributed by atoms with van der Waals surface area (Å²) in [5.74, 6) is 1.39. The topological polar surface area (TPSA) is 88.3 Å². The summed E-state index contributed by atoms with van der Waals surface area (Å²) in [6, 6.07) is 13.2. The van der Waals surface area contributed by atoms with Crippen LogP contribution in [0.2, 0.25) is 0 Å². The lowest BCUT2D eigenvalue weighted by Gasteiger charge is -2.11. The zero-order valence-corrected chi connectivity index (χ0v) is 17.0. The number of ether oxygens (including phenoxy) is 2. The Morgan fingerprint density at radius 3 is 2.76 bits per heavy atom. The minimum atomic E-state index is -0.255. The van der Waals surface area contributed by atoms with Crippen molar-refractivity contribution in [1.29, 1.82) is 0 Å². The molecule has 0 bridgehead atoms. The van der Waals surface area contributed by atoms with Gasteiger partial charge in [0.05, 0.1) is 25.3 Å². The second-order valence-electron chi connectivity index (χ2n) is 6.14. The summed E-state index contributed by atoms with van der Waals surface area (Å²) in [6.07, 6.45) is 3.95. The van der Waals surface area contributed by atoms with Crippen LogP contribution in [0.3, 0.4) is 0 Å². The average Bonchev–Trinajstić information content (AvgIpc) is 2.74. The predicted molar refractivity (Wildman–Crippen MR) is 118 cm³/mol. The van der Waals surface area contributed by atoms with Gasteiger partial charge < -0.3 is 25.1 Å². The Morgan fingerprint density at radius 1 is 1.17 bits per heavy atom. The van der Waals surface area contributed by atoms with Gasteiger partial charge in [0, 0.05) is 12.7 Å². The van der Waals surface area contributed by atoms with E-state index in [-0.39, 0.29) is 5.56 Å². The van der Waals surface area contributed by atoms with E-state index in [2.05, 4.69) is 20.6 Å². The summed E-state index contributed by atoms with van der Waals surface area (Å²) < 4.78 is 10.5. The first-order valence-electron chi connectivity index (χ1n) is 9.01. The number of rotatable bonds is 7. The third-order valence-corrected chi connectivity index (χ3v) is 4.49. The van der Waals surface area contributed by atoms with Crippen LogP contribution in [0.1, 0.15) is 11.3 Å². The van der Waals surface area contributed by atoms with Gasteiger partial charge in [-0.25, -0.2) is 4.98 Å². The quantitative estimate of drug-likeness (QED) is 0.516. The monoisotopic (exact) mass is 410 g/mol. The molecular weight excluding hydrogens is 388 g/mol. The summed E-state index contributed by atoms with van der Waals surface area (Å²) in [4.78, 5) is 19.2. The van der Waals surface area contributed by atoms with Gasteiger partial charge in [-0.1, -0.05) is 18.2 Å². The van der Waals surface area contributed by atoms with E-state index in [1.165, 1.54) is 0 Å². The number of benzene rings is 2. The van der Waals surface area contributed by atoms with E-state index in [1.54, 1.807) is 26.5 Å².